The van der Waals surface area contributed by atoms with Crippen LogP contribution in [0.4, 0.5) is 0 Å². The Morgan fingerprint density at radius 1 is 1.12 bits per heavy atom. The number of rotatable bonds is 1. The topological polar surface area (TPSA) is 20.2 Å². The summed E-state index contributed by atoms with van der Waals surface area (Å²) in [5.74, 6) is 0.322. The second-order valence-electron chi connectivity index (χ2n) is 2.54. The van der Waals surface area contributed by atoms with Crippen molar-refractivity contribution >= 4 is 37.7 Å². The summed E-state index contributed by atoms with van der Waals surface area (Å²) in [5.41, 5.74) is 0. The van der Waals surface area contributed by atoms with E-state index in [9.17, 15) is 0 Å². The summed E-state index contributed by atoms with van der Waals surface area (Å²) >= 11 is -3.28. The van der Waals surface area contributed by atoms with Crippen molar-refractivity contribution in [1.29, 1.82) is 0 Å². The molecule has 16 heavy (non-hydrogen) atoms. The summed E-state index contributed by atoms with van der Waals surface area (Å²) in [6.07, 6.45) is 2.28. The summed E-state index contributed by atoms with van der Waals surface area (Å²) in [4.78, 5) is 0. The fourth-order valence-corrected chi connectivity index (χ4v) is 0.428. The van der Waals surface area contributed by atoms with Crippen molar-refractivity contribution in [3.63, 3.8) is 0 Å². The minimum absolute atomic E-state index is 0.322. The van der Waals surface area contributed by atoms with E-state index in [-0.39, 0.29) is 0 Å². The van der Waals surface area contributed by atoms with Gasteiger partial charge < -0.3 is 12.0 Å². The maximum atomic E-state index is 8.63. The molecule has 1 aromatic rings. The Kier molecular flexibility index (Phi) is 14.8. The van der Waals surface area contributed by atoms with Gasteiger partial charge in [0, 0.05) is 0 Å². The van der Waals surface area contributed by atoms with Crippen LogP contribution in [0.3, 0.4) is 0 Å². The van der Waals surface area contributed by atoms with Crippen molar-refractivity contribution in [2.75, 3.05) is 0 Å². The zero-order valence-corrected chi connectivity index (χ0v) is 14.8. The van der Waals surface area contributed by atoms with Crippen molar-refractivity contribution < 1.29 is 17.0 Å². The first kappa shape index (κ1) is 19.2. The number of para-hydroxylation sites is 1. The van der Waals surface area contributed by atoms with Crippen LogP contribution < -0.4 is 0 Å². The molecule has 0 saturated carbocycles. The second-order valence-corrected chi connectivity index (χ2v) is 28.0. The molecule has 0 bridgehead atoms. The molecule has 0 aromatic heterocycles. The Labute approximate surface area is 117 Å². The number of hydrogen-bond donors (Lipinski definition) is 1. The molecule has 6 heteroatoms. The summed E-state index contributed by atoms with van der Waals surface area (Å²) in [6, 6.07) is 8.71. The van der Waals surface area contributed by atoms with Crippen LogP contribution in [0.15, 0.2) is 30.3 Å². The van der Waals surface area contributed by atoms with Gasteiger partial charge in [-0.05, 0) is 12.1 Å². The fourth-order valence-electron chi connectivity index (χ4n) is 0.428. The molecule has 0 radical (unpaired) electrons. The Bertz CT molecular complexity index is 230. The minimum atomic E-state index is -3.28. The number of phenols is 1. The molecule has 0 fully saturated rings. The van der Waals surface area contributed by atoms with Gasteiger partial charge in [0.2, 0.25) is 0 Å². The zero-order valence-electron chi connectivity index (χ0n) is 8.88. The molecule has 0 aliphatic rings. The Morgan fingerprint density at radius 3 is 1.56 bits per heavy atom. The van der Waals surface area contributed by atoms with Gasteiger partial charge in [-0.3, -0.25) is 0 Å². The number of aromatic hydroxyl groups is 1. The van der Waals surface area contributed by atoms with E-state index >= 15 is 0 Å². The number of hydrogen-bond acceptors (Lipinski definition) is 1. The predicted molar refractivity (Wildman–Crippen MR) is 71.8 cm³/mol. The Hall–Kier alpha value is 0.868. The van der Waals surface area contributed by atoms with Crippen LogP contribution in [0.2, 0.25) is 0 Å². The monoisotopic (exact) mass is 475 g/mol. The van der Waals surface area contributed by atoms with Gasteiger partial charge in [-0.2, -0.15) is 6.42 Å². The second kappa shape index (κ2) is 12.3. The van der Waals surface area contributed by atoms with Crippen LogP contribution in [-0.4, -0.2) is 5.11 Å². The van der Waals surface area contributed by atoms with Gasteiger partial charge in [-0.15, -0.1) is 0 Å². The molecule has 0 unspecified atom stereocenters. The van der Waals surface area contributed by atoms with Crippen LogP contribution >= 0.6 is 37.7 Å². The quantitative estimate of drug-likeness (QED) is 0.510. The maximum absolute atomic E-state index is 8.63. The molecule has 1 N–H and O–H groups in total. The van der Waals surface area contributed by atoms with Gasteiger partial charge in [0.25, 0.3) is 0 Å². The summed E-state index contributed by atoms with van der Waals surface area (Å²) in [7, 11) is 20.1. The molecule has 0 atom stereocenters. The third kappa shape index (κ3) is 29.4. The van der Waals surface area contributed by atoms with Gasteiger partial charge in [-0.1, -0.05) is 31.5 Å². The third-order valence-corrected chi connectivity index (χ3v) is 1.11. The Balaban J connectivity index is 0. The molecule has 0 heterocycles. The summed E-state index contributed by atoms with van der Waals surface area (Å²) in [5, 5.41) is 8.63. The molecule has 0 saturated heterocycles. The number of halogens is 4. The van der Waals surface area contributed by atoms with Crippen molar-refractivity contribution in [3.05, 3.63) is 37.3 Å². The van der Waals surface area contributed by atoms with E-state index in [1.54, 1.807) is 24.3 Å². The van der Waals surface area contributed by atoms with E-state index in [0.717, 1.165) is 6.42 Å². The molecule has 0 amide bonds. The van der Waals surface area contributed by atoms with E-state index in [4.69, 9.17) is 42.8 Å². The summed E-state index contributed by atoms with van der Waals surface area (Å²) < 4.78 is 0. The SMILES string of the molecule is Oc1ccccc1.[CH2-]CCC.[Cl][W]([Cl])([Cl])[Cl]. The van der Waals surface area contributed by atoms with E-state index in [1.165, 1.54) is 6.42 Å². The number of phenolic OH excluding ortho intramolecular Hbond substituents is 1. The average Bonchev–Trinajstić information content (AvgIpc) is 2.17. The van der Waals surface area contributed by atoms with E-state index in [0.29, 0.717) is 5.75 Å². The van der Waals surface area contributed by atoms with Gasteiger partial charge >= 0.3 is 49.6 Å². The van der Waals surface area contributed by atoms with Gasteiger partial charge in [0.15, 0.2) is 0 Å². The molecule has 0 aliphatic carbocycles. The first-order valence-electron chi connectivity index (χ1n) is 4.46. The molecule has 0 aliphatic heterocycles. The first-order chi connectivity index (χ1) is 7.31. The molecular weight excluding hydrogens is 462 g/mol. The predicted octanol–water partition coefficient (Wildman–Crippen LogP) is 5.77. The standard InChI is InChI=1S/C6H6O.C4H9.4ClH.W/c7-6-4-2-1-3-5-6;1-3-4-2;;;;;/h1-5,7H;1,3-4H2,2H3;4*1H;/q;-1;;;;;+4/p-4. The van der Waals surface area contributed by atoms with Gasteiger partial charge in [-0.25, -0.2) is 0 Å². The van der Waals surface area contributed by atoms with E-state index in [2.05, 4.69) is 13.8 Å². The number of benzene rings is 1. The molecule has 1 nitrogen and oxygen atoms in total. The van der Waals surface area contributed by atoms with Crippen molar-refractivity contribution in [3.8, 4) is 5.75 Å². The van der Waals surface area contributed by atoms with E-state index < -0.39 is 11.9 Å². The molecular formula is C10H15Cl4OW-. The summed E-state index contributed by atoms with van der Waals surface area (Å²) in [6.45, 7) is 5.72. The van der Waals surface area contributed by atoms with E-state index in [1.807, 2.05) is 6.07 Å². The Morgan fingerprint density at radius 2 is 1.44 bits per heavy atom. The molecule has 0 spiro atoms. The average molecular weight is 477 g/mol. The van der Waals surface area contributed by atoms with Crippen molar-refractivity contribution in [2.45, 2.75) is 19.8 Å². The van der Waals surface area contributed by atoms with Gasteiger partial charge in [0.05, 0.1) is 0 Å². The molecule has 1 aromatic carbocycles. The van der Waals surface area contributed by atoms with Crippen molar-refractivity contribution in [1.82, 2.24) is 0 Å². The number of unbranched alkanes of at least 4 members (excludes halogenated alkanes) is 1. The van der Waals surface area contributed by atoms with Crippen LogP contribution in [-0.2, 0) is 11.9 Å². The van der Waals surface area contributed by atoms with Crippen LogP contribution in [0.5, 0.6) is 5.75 Å². The third-order valence-electron chi connectivity index (χ3n) is 1.11. The first-order valence-corrected chi connectivity index (χ1v) is 19.0. The normalized spacial score (nSPS) is 10.4. The van der Waals surface area contributed by atoms with Crippen LogP contribution in [0.25, 0.3) is 0 Å². The van der Waals surface area contributed by atoms with Crippen molar-refractivity contribution in [2.24, 2.45) is 0 Å². The van der Waals surface area contributed by atoms with Crippen LogP contribution in [0, 0.1) is 6.92 Å². The fraction of sp³-hybridized carbons (Fsp3) is 0.300. The zero-order chi connectivity index (χ0) is 13.0. The molecule has 1 rings (SSSR count). The molecule has 96 valence electrons. The van der Waals surface area contributed by atoms with Crippen LogP contribution in [0.1, 0.15) is 19.8 Å². The van der Waals surface area contributed by atoms with Gasteiger partial charge in [0.1, 0.15) is 5.75 Å².